The molecule has 4 nitrogen and oxygen atoms in total. The van der Waals surface area contributed by atoms with Crippen LogP contribution in [0.1, 0.15) is 5.56 Å². The van der Waals surface area contributed by atoms with Crippen LogP contribution in [0, 0.1) is 0 Å². The van der Waals surface area contributed by atoms with E-state index in [9.17, 15) is 4.79 Å². The van der Waals surface area contributed by atoms with E-state index in [4.69, 9.17) is 5.73 Å². The zero-order valence-corrected chi connectivity index (χ0v) is 11.1. The number of anilines is 2. The zero-order valence-electron chi connectivity index (χ0n) is 9.56. The predicted molar refractivity (Wildman–Crippen MR) is 75.1 cm³/mol. The number of amides is 1. The third-order valence-corrected chi connectivity index (χ3v) is 2.80. The molecule has 0 unspecified atom stereocenters. The Hall–Kier alpha value is -1.88. The van der Waals surface area contributed by atoms with Crippen LogP contribution in [0.3, 0.4) is 0 Å². The summed E-state index contributed by atoms with van der Waals surface area (Å²) in [6.07, 6.45) is 1.82. The Balaban J connectivity index is 1.98. The third kappa shape index (κ3) is 3.56. The lowest BCUT2D eigenvalue weighted by molar-refractivity contribution is -0.115. The zero-order chi connectivity index (χ0) is 13.0. The quantitative estimate of drug-likeness (QED) is 0.916. The normalized spacial score (nSPS) is 10.1. The van der Waals surface area contributed by atoms with Crippen LogP contribution in [-0.4, -0.2) is 10.9 Å². The maximum Gasteiger partial charge on any atom is 0.229 e. The van der Waals surface area contributed by atoms with Crippen molar-refractivity contribution in [3.63, 3.8) is 0 Å². The van der Waals surface area contributed by atoms with Crippen molar-refractivity contribution < 1.29 is 4.79 Å². The number of carbonyl (C=O) groups excluding carboxylic acids is 1. The van der Waals surface area contributed by atoms with Gasteiger partial charge in [-0.2, -0.15) is 0 Å². The molecule has 92 valence electrons. The van der Waals surface area contributed by atoms with Crippen molar-refractivity contribution in [2.75, 3.05) is 11.1 Å². The summed E-state index contributed by atoms with van der Waals surface area (Å²) >= 11 is 3.37. The molecule has 0 aliphatic carbocycles. The summed E-state index contributed by atoms with van der Waals surface area (Å²) in [6, 6.07) is 11.0. The number of nitrogens with zero attached hydrogens (tertiary/aromatic N) is 1. The number of rotatable bonds is 3. The van der Waals surface area contributed by atoms with Gasteiger partial charge in [0.1, 0.15) is 5.82 Å². The van der Waals surface area contributed by atoms with E-state index < -0.39 is 0 Å². The van der Waals surface area contributed by atoms with E-state index in [1.807, 2.05) is 24.3 Å². The van der Waals surface area contributed by atoms with Crippen molar-refractivity contribution in [2.24, 2.45) is 0 Å². The second kappa shape index (κ2) is 5.64. The van der Waals surface area contributed by atoms with Crippen LogP contribution < -0.4 is 11.1 Å². The Morgan fingerprint density at radius 3 is 2.83 bits per heavy atom. The molecule has 0 atom stereocenters. The van der Waals surface area contributed by atoms with Gasteiger partial charge in [0.2, 0.25) is 5.91 Å². The molecule has 1 heterocycles. The van der Waals surface area contributed by atoms with Crippen LogP contribution >= 0.6 is 15.9 Å². The van der Waals surface area contributed by atoms with Crippen molar-refractivity contribution in [1.82, 2.24) is 4.98 Å². The molecule has 1 aromatic carbocycles. The second-order valence-corrected chi connectivity index (χ2v) is 4.75. The first kappa shape index (κ1) is 12.6. The van der Waals surface area contributed by atoms with Gasteiger partial charge in [-0.3, -0.25) is 4.79 Å². The summed E-state index contributed by atoms with van der Waals surface area (Å²) in [6.45, 7) is 0. The summed E-state index contributed by atoms with van der Waals surface area (Å²) in [5, 5.41) is 2.72. The molecule has 2 rings (SSSR count). The molecule has 2 aromatic rings. The molecule has 0 saturated heterocycles. The van der Waals surface area contributed by atoms with E-state index in [0.717, 1.165) is 10.0 Å². The molecule has 0 spiro atoms. The fourth-order valence-electron chi connectivity index (χ4n) is 1.50. The number of nitrogens with one attached hydrogen (secondary N) is 1. The minimum atomic E-state index is -0.106. The minimum Gasteiger partial charge on any atom is -0.397 e. The highest BCUT2D eigenvalue weighted by atomic mass is 79.9. The minimum absolute atomic E-state index is 0.106. The molecular formula is C13H12BrN3O. The summed E-state index contributed by atoms with van der Waals surface area (Å²) in [4.78, 5) is 15.8. The van der Waals surface area contributed by atoms with Gasteiger partial charge in [-0.1, -0.05) is 28.1 Å². The molecule has 0 radical (unpaired) electrons. The largest absolute Gasteiger partial charge is 0.397 e. The first-order chi connectivity index (χ1) is 8.63. The molecule has 5 heteroatoms. The highest BCUT2D eigenvalue weighted by Gasteiger charge is 2.05. The van der Waals surface area contributed by atoms with E-state index in [-0.39, 0.29) is 5.91 Å². The number of hydrogen-bond donors (Lipinski definition) is 2. The average molecular weight is 306 g/mol. The van der Waals surface area contributed by atoms with Crippen molar-refractivity contribution in [2.45, 2.75) is 6.42 Å². The first-order valence-electron chi connectivity index (χ1n) is 5.39. The Kier molecular flexibility index (Phi) is 3.94. The molecule has 0 fully saturated rings. The van der Waals surface area contributed by atoms with Crippen LogP contribution in [0.2, 0.25) is 0 Å². The SMILES string of the molecule is Nc1ccc(NC(=O)Cc2cccc(Br)c2)nc1. The van der Waals surface area contributed by atoms with Gasteiger partial charge in [0.15, 0.2) is 0 Å². The van der Waals surface area contributed by atoms with E-state index in [0.29, 0.717) is 17.9 Å². The van der Waals surface area contributed by atoms with Crippen LogP contribution in [-0.2, 0) is 11.2 Å². The fourth-order valence-corrected chi connectivity index (χ4v) is 1.95. The van der Waals surface area contributed by atoms with Gasteiger partial charge in [0, 0.05) is 4.47 Å². The Morgan fingerprint density at radius 1 is 1.33 bits per heavy atom. The number of pyridine rings is 1. The summed E-state index contributed by atoms with van der Waals surface area (Å²) in [7, 11) is 0. The maximum atomic E-state index is 11.8. The lowest BCUT2D eigenvalue weighted by Crippen LogP contribution is -2.15. The molecule has 0 saturated carbocycles. The average Bonchev–Trinajstić information content (AvgIpc) is 2.32. The molecule has 0 aliphatic heterocycles. The van der Waals surface area contributed by atoms with Gasteiger partial charge in [-0.25, -0.2) is 4.98 Å². The Morgan fingerprint density at radius 2 is 2.17 bits per heavy atom. The van der Waals surface area contributed by atoms with E-state index >= 15 is 0 Å². The van der Waals surface area contributed by atoms with Crippen molar-refractivity contribution in [3.8, 4) is 0 Å². The van der Waals surface area contributed by atoms with Gasteiger partial charge in [-0.05, 0) is 29.8 Å². The molecular weight excluding hydrogens is 294 g/mol. The number of benzene rings is 1. The van der Waals surface area contributed by atoms with E-state index in [1.165, 1.54) is 6.20 Å². The van der Waals surface area contributed by atoms with Gasteiger partial charge in [0.05, 0.1) is 18.3 Å². The third-order valence-electron chi connectivity index (χ3n) is 2.31. The lowest BCUT2D eigenvalue weighted by atomic mass is 10.1. The molecule has 0 aliphatic rings. The highest BCUT2D eigenvalue weighted by Crippen LogP contribution is 2.13. The molecule has 1 amide bonds. The standard InChI is InChI=1S/C13H12BrN3O/c14-10-3-1-2-9(6-10)7-13(18)17-12-5-4-11(15)8-16-12/h1-6,8H,7,15H2,(H,16,17,18). The summed E-state index contributed by atoms with van der Waals surface area (Å²) in [5.74, 6) is 0.398. The second-order valence-electron chi connectivity index (χ2n) is 3.83. The number of aromatic nitrogens is 1. The van der Waals surface area contributed by atoms with Crippen molar-refractivity contribution in [3.05, 3.63) is 52.6 Å². The van der Waals surface area contributed by atoms with Gasteiger partial charge in [-0.15, -0.1) is 0 Å². The van der Waals surface area contributed by atoms with Crippen LogP contribution in [0.25, 0.3) is 0 Å². The number of nitrogens with two attached hydrogens (primary N) is 1. The summed E-state index contributed by atoms with van der Waals surface area (Å²) in [5.41, 5.74) is 7.03. The van der Waals surface area contributed by atoms with Crippen LogP contribution in [0.15, 0.2) is 47.1 Å². The number of nitrogen functional groups attached to an aromatic ring is 1. The van der Waals surface area contributed by atoms with E-state index in [2.05, 4.69) is 26.2 Å². The number of hydrogen-bond acceptors (Lipinski definition) is 3. The van der Waals surface area contributed by atoms with Gasteiger partial charge < -0.3 is 11.1 Å². The van der Waals surface area contributed by atoms with E-state index in [1.54, 1.807) is 12.1 Å². The summed E-state index contributed by atoms with van der Waals surface area (Å²) < 4.78 is 0.957. The topological polar surface area (TPSA) is 68.0 Å². The number of carbonyl (C=O) groups is 1. The fraction of sp³-hybridized carbons (Fsp3) is 0.0769. The predicted octanol–water partition coefficient (Wildman–Crippen LogP) is 2.61. The van der Waals surface area contributed by atoms with Crippen LogP contribution in [0.4, 0.5) is 11.5 Å². The Labute approximate surface area is 113 Å². The van der Waals surface area contributed by atoms with Gasteiger partial charge in [0.25, 0.3) is 0 Å². The molecule has 0 bridgehead atoms. The smallest absolute Gasteiger partial charge is 0.229 e. The highest BCUT2D eigenvalue weighted by molar-refractivity contribution is 9.10. The van der Waals surface area contributed by atoms with Crippen molar-refractivity contribution in [1.29, 1.82) is 0 Å². The van der Waals surface area contributed by atoms with Gasteiger partial charge >= 0.3 is 0 Å². The molecule has 1 aromatic heterocycles. The monoisotopic (exact) mass is 305 g/mol. The maximum absolute atomic E-state index is 11.8. The first-order valence-corrected chi connectivity index (χ1v) is 6.18. The van der Waals surface area contributed by atoms with Crippen LogP contribution in [0.5, 0.6) is 0 Å². The van der Waals surface area contributed by atoms with Crippen molar-refractivity contribution >= 4 is 33.3 Å². The molecule has 18 heavy (non-hydrogen) atoms. The number of halogens is 1. The molecule has 3 N–H and O–H groups in total. The lowest BCUT2D eigenvalue weighted by Gasteiger charge is -2.05. The Bertz CT molecular complexity index is 554.